The lowest BCUT2D eigenvalue weighted by Gasteiger charge is -2.29. The molecule has 0 unspecified atom stereocenters. The third-order valence-electron chi connectivity index (χ3n) is 3.26. The number of para-hydroxylation sites is 1. The van der Waals surface area contributed by atoms with E-state index in [1.54, 1.807) is 0 Å². The molecule has 2 rings (SSSR count). The number of carboxylic acids is 1. The average molecular weight is 302 g/mol. The lowest BCUT2D eigenvalue weighted by Crippen LogP contribution is -2.43. The van der Waals surface area contributed by atoms with Crippen LogP contribution >= 0.6 is 0 Å². The van der Waals surface area contributed by atoms with E-state index in [-0.39, 0.29) is 31.6 Å². The maximum Gasteiger partial charge on any atom is 0.306 e. The summed E-state index contributed by atoms with van der Waals surface area (Å²) in [4.78, 5) is 10.8. The summed E-state index contributed by atoms with van der Waals surface area (Å²) < 4.78 is 40.9. The van der Waals surface area contributed by atoms with E-state index >= 15 is 0 Å². The van der Waals surface area contributed by atoms with Crippen molar-refractivity contribution in [2.24, 2.45) is 5.92 Å². The molecule has 0 aliphatic carbocycles. The summed E-state index contributed by atoms with van der Waals surface area (Å²) in [5.74, 6) is -2.09. The number of anilines is 1. The van der Waals surface area contributed by atoms with E-state index in [0.29, 0.717) is 0 Å². The number of benzene rings is 1. The molecule has 0 radical (unpaired) electrons. The number of piperidine rings is 1. The molecule has 1 fully saturated rings. The molecule has 1 aliphatic rings. The Morgan fingerprint density at radius 1 is 1.30 bits per heavy atom. The number of carbonyl (C=O) groups is 1. The zero-order valence-corrected chi connectivity index (χ0v) is 11.4. The van der Waals surface area contributed by atoms with Gasteiger partial charge in [-0.1, -0.05) is 12.1 Å². The molecule has 0 spiro atoms. The van der Waals surface area contributed by atoms with Crippen LogP contribution in [0.1, 0.15) is 12.8 Å². The highest BCUT2D eigenvalue weighted by Gasteiger charge is 2.31. The van der Waals surface area contributed by atoms with Crippen LogP contribution in [0.25, 0.3) is 0 Å². The van der Waals surface area contributed by atoms with Crippen molar-refractivity contribution in [3.05, 3.63) is 30.1 Å². The van der Waals surface area contributed by atoms with Crippen LogP contribution in [0.3, 0.4) is 0 Å². The Bertz CT molecular complexity index is 597. The van der Waals surface area contributed by atoms with Crippen molar-refractivity contribution in [1.29, 1.82) is 0 Å². The molecule has 1 saturated heterocycles. The van der Waals surface area contributed by atoms with Gasteiger partial charge >= 0.3 is 16.2 Å². The second-order valence-corrected chi connectivity index (χ2v) is 6.27. The number of rotatable bonds is 4. The first-order valence-electron chi connectivity index (χ1n) is 6.15. The van der Waals surface area contributed by atoms with Gasteiger partial charge in [0.2, 0.25) is 0 Å². The van der Waals surface area contributed by atoms with Crippen LogP contribution in [-0.4, -0.2) is 36.9 Å². The SMILES string of the molecule is O=C(O)C1CCN(S(=O)(=O)Nc2ccccc2F)CC1. The van der Waals surface area contributed by atoms with E-state index in [2.05, 4.69) is 4.72 Å². The number of halogens is 1. The quantitative estimate of drug-likeness (QED) is 0.877. The lowest BCUT2D eigenvalue weighted by atomic mass is 9.99. The minimum atomic E-state index is -3.86. The maximum absolute atomic E-state index is 13.4. The highest BCUT2D eigenvalue weighted by atomic mass is 32.2. The van der Waals surface area contributed by atoms with E-state index in [1.165, 1.54) is 18.2 Å². The van der Waals surface area contributed by atoms with Gasteiger partial charge in [0.15, 0.2) is 0 Å². The molecule has 20 heavy (non-hydrogen) atoms. The van der Waals surface area contributed by atoms with E-state index < -0.39 is 27.9 Å². The van der Waals surface area contributed by atoms with Gasteiger partial charge in [-0.2, -0.15) is 12.7 Å². The van der Waals surface area contributed by atoms with Gasteiger partial charge in [-0.3, -0.25) is 9.52 Å². The van der Waals surface area contributed by atoms with Gasteiger partial charge in [-0.15, -0.1) is 0 Å². The third kappa shape index (κ3) is 3.26. The first-order valence-corrected chi connectivity index (χ1v) is 7.59. The second kappa shape index (κ2) is 5.76. The summed E-state index contributed by atoms with van der Waals surface area (Å²) in [5.41, 5.74) is -0.118. The molecule has 0 bridgehead atoms. The molecule has 0 atom stereocenters. The van der Waals surface area contributed by atoms with Gasteiger partial charge < -0.3 is 5.11 Å². The number of hydrogen-bond acceptors (Lipinski definition) is 3. The Balaban J connectivity index is 2.05. The predicted octanol–water partition coefficient (Wildman–Crippen LogP) is 1.28. The van der Waals surface area contributed by atoms with Crippen molar-refractivity contribution in [2.45, 2.75) is 12.8 Å². The van der Waals surface area contributed by atoms with Gasteiger partial charge in [0.25, 0.3) is 0 Å². The summed E-state index contributed by atoms with van der Waals surface area (Å²) >= 11 is 0. The molecule has 1 aliphatic heterocycles. The Hall–Kier alpha value is -1.67. The van der Waals surface area contributed by atoms with Crippen molar-refractivity contribution < 1.29 is 22.7 Å². The first-order chi connectivity index (χ1) is 9.40. The highest BCUT2D eigenvalue weighted by Crippen LogP contribution is 2.22. The fourth-order valence-corrected chi connectivity index (χ4v) is 3.35. The normalized spacial score (nSPS) is 17.9. The number of hydrogen-bond donors (Lipinski definition) is 2. The Labute approximate surface area is 116 Å². The topological polar surface area (TPSA) is 86.7 Å². The van der Waals surface area contributed by atoms with Crippen LogP contribution in [0, 0.1) is 11.7 Å². The number of carboxylic acid groups (broad SMARTS) is 1. The summed E-state index contributed by atoms with van der Waals surface area (Å²) in [5, 5.41) is 8.87. The minimum absolute atomic E-state index is 0.112. The van der Waals surface area contributed by atoms with Crippen molar-refractivity contribution >= 4 is 21.9 Å². The molecule has 1 heterocycles. The van der Waals surface area contributed by atoms with Crippen LogP contribution in [-0.2, 0) is 15.0 Å². The van der Waals surface area contributed by atoms with Gasteiger partial charge in [0.1, 0.15) is 5.82 Å². The van der Waals surface area contributed by atoms with Crippen LogP contribution in [0.4, 0.5) is 10.1 Å². The van der Waals surface area contributed by atoms with Gasteiger partial charge in [-0.05, 0) is 25.0 Å². The standard InChI is InChI=1S/C12H15FN2O4S/c13-10-3-1-2-4-11(10)14-20(18,19)15-7-5-9(6-8-15)12(16)17/h1-4,9,14H,5-8H2,(H,16,17). The fraction of sp³-hybridized carbons (Fsp3) is 0.417. The molecule has 1 aromatic carbocycles. The molecule has 1 aromatic rings. The highest BCUT2D eigenvalue weighted by molar-refractivity contribution is 7.90. The number of nitrogens with zero attached hydrogens (tertiary/aromatic N) is 1. The average Bonchev–Trinajstić information content (AvgIpc) is 2.41. The van der Waals surface area contributed by atoms with Crippen molar-refractivity contribution in [3.63, 3.8) is 0 Å². The summed E-state index contributed by atoms with van der Waals surface area (Å²) in [6.07, 6.45) is 0.515. The molecule has 0 amide bonds. The Morgan fingerprint density at radius 3 is 2.45 bits per heavy atom. The van der Waals surface area contributed by atoms with Crippen LogP contribution < -0.4 is 4.72 Å². The third-order valence-corrected chi connectivity index (χ3v) is 4.78. The molecule has 6 nitrogen and oxygen atoms in total. The zero-order chi connectivity index (χ0) is 14.8. The molecule has 0 saturated carbocycles. The molecule has 8 heteroatoms. The summed E-state index contributed by atoms with van der Waals surface area (Å²) in [6, 6.07) is 5.48. The maximum atomic E-state index is 13.4. The first kappa shape index (κ1) is 14.7. The molecule has 0 aromatic heterocycles. The van der Waals surface area contributed by atoms with Crippen LogP contribution in [0.5, 0.6) is 0 Å². The molecular formula is C12H15FN2O4S. The second-order valence-electron chi connectivity index (χ2n) is 4.60. The number of nitrogens with one attached hydrogen (secondary N) is 1. The zero-order valence-electron chi connectivity index (χ0n) is 10.6. The van der Waals surface area contributed by atoms with Gasteiger partial charge in [0, 0.05) is 13.1 Å². The van der Waals surface area contributed by atoms with Crippen LogP contribution in [0.2, 0.25) is 0 Å². The smallest absolute Gasteiger partial charge is 0.306 e. The fourth-order valence-electron chi connectivity index (χ4n) is 2.09. The van der Waals surface area contributed by atoms with Crippen molar-refractivity contribution in [2.75, 3.05) is 17.8 Å². The van der Waals surface area contributed by atoms with E-state index in [1.807, 2.05) is 0 Å². The van der Waals surface area contributed by atoms with Gasteiger partial charge in [-0.25, -0.2) is 4.39 Å². The summed E-state index contributed by atoms with van der Waals surface area (Å²) in [7, 11) is -3.86. The van der Waals surface area contributed by atoms with Crippen molar-refractivity contribution in [3.8, 4) is 0 Å². The van der Waals surface area contributed by atoms with E-state index in [4.69, 9.17) is 5.11 Å². The van der Waals surface area contributed by atoms with Crippen molar-refractivity contribution in [1.82, 2.24) is 4.31 Å². The van der Waals surface area contributed by atoms with E-state index in [0.717, 1.165) is 10.4 Å². The largest absolute Gasteiger partial charge is 0.481 e. The van der Waals surface area contributed by atoms with Crippen LogP contribution in [0.15, 0.2) is 24.3 Å². The summed E-state index contributed by atoms with van der Waals surface area (Å²) in [6.45, 7) is 0.224. The lowest BCUT2D eigenvalue weighted by molar-refractivity contribution is -0.142. The molecular weight excluding hydrogens is 287 g/mol. The molecule has 110 valence electrons. The Kier molecular flexibility index (Phi) is 4.24. The predicted molar refractivity (Wildman–Crippen MR) is 70.9 cm³/mol. The minimum Gasteiger partial charge on any atom is -0.481 e. The molecule has 2 N–H and O–H groups in total. The number of aliphatic carboxylic acids is 1. The van der Waals surface area contributed by atoms with Gasteiger partial charge in [0.05, 0.1) is 11.6 Å². The van der Waals surface area contributed by atoms with E-state index in [9.17, 15) is 17.6 Å². The Morgan fingerprint density at radius 2 is 1.90 bits per heavy atom. The monoisotopic (exact) mass is 302 g/mol.